The van der Waals surface area contributed by atoms with Crippen LogP contribution in [-0.2, 0) is 36.8 Å². The van der Waals surface area contributed by atoms with Gasteiger partial charge >= 0.3 is 5.97 Å². The van der Waals surface area contributed by atoms with E-state index in [1.54, 1.807) is 0 Å². The second-order valence-electron chi connectivity index (χ2n) is 8.14. The predicted molar refractivity (Wildman–Crippen MR) is 133 cm³/mol. The van der Waals surface area contributed by atoms with E-state index < -0.39 is 60.2 Å². The Hall–Kier alpha value is -3.92. The summed E-state index contributed by atoms with van der Waals surface area (Å²) >= 11 is 1.49. The average Bonchev–Trinajstić information content (AvgIpc) is 3.55. The number of carboxylic acids is 1. The number of hydrogen-bond donors (Lipinski definition) is 8. The van der Waals surface area contributed by atoms with Crippen LogP contribution in [0.1, 0.15) is 24.2 Å². The van der Waals surface area contributed by atoms with Crippen LogP contribution in [0.2, 0.25) is 0 Å². The lowest BCUT2D eigenvalue weighted by molar-refractivity contribution is -0.142. The lowest BCUT2D eigenvalue weighted by Gasteiger charge is -2.24. The maximum atomic E-state index is 13.1. The van der Waals surface area contributed by atoms with Crippen LogP contribution in [0.15, 0.2) is 25.0 Å². The summed E-state index contributed by atoms with van der Waals surface area (Å²) in [6.07, 6.45) is 7.08. The van der Waals surface area contributed by atoms with Crippen molar-refractivity contribution >= 4 is 41.4 Å². The fourth-order valence-electron chi connectivity index (χ4n) is 3.25. The van der Waals surface area contributed by atoms with E-state index >= 15 is 0 Å². The molecule has 0 radical (unpaired) electrons. The van der Waals surface area contributed by atoms with Gasteiger partial charge in [0.1, 0.15) is 18.1 Å². The summed E-state index contributed by atoms with van der Waals surface area (Å²) in [5, 5.41) is 16.9. The zero-order chi connectivity index (χ0) is 27.4. The Balaban J connectivity index is 2.18. The lowest BCUT2D eigenvalue weighted by atomic mass is 10.1. The standard InChI is InChI=1S/C21H31N9O6S/c1-37-3-2-13(22)18(32)28-15(6-17(23)31)20(34)29-14(4-11-7-24-9-26-11)19(33)30-16(21(35)36)5-12-8-25-10-27-12/h7-10,13-16H,2-6,22H2,1H3,(H2,23,31)(H,24,26)(H,25,27)(H,28,32)(H,29,34)(H,30,33)(H,35,36). The lowest BCUT2D eigenvalue weighted by Crippen LogP contribution is -2.58. The van der Waals surface area contributed by atoms with Crippen molar-refractivity contribution in [2.24, 2.45) is 11.5 Å². The number of aromatic amines is 2. The number of amides is 4. The molecule has 0 saturated heterocycles. The largest absolute Gasteiger partial charge is 0.480 e. The highest BCUT2D eigenvalue weighted by Gasteiger charge is 2.31. The van der Waals surface area contributed by atoms with Crippen molar-refractivity contribution in [1.82, 2.24) is 35.9 Å². The van der Waals surface area contributed by atoms with Crippen molar-refractivity contribution in [1.29, 1.82) is 0 Å². The second-order valence-corrected chi connectivity index (χ2v) is 9.13. The molecule has 37 heavy (non-hydrogen) atoms. The predicted octanol–water partition coefficient (Wildman–Crippen LogP) is -2.59. The average molecular weight is 538 g/mol. The third-order valence-corrected chi connectivity index (χ3v) is 5.86. The van der Waals surface area contributed by atoms with Gasteiger partial charge in [0.05, 0.1) is 25.1 Å². The monoisotopic (exact) mass is 537 g/mol. The fraction of sp³-hybridized carbons (Fsp3) is 0.476. The topological polar surface area (TPSA) is 251 Å². The van der Waals surface area contributed by atoms with Crippen LogP contribution in [0.4, 0.5) is 0 Å². The Kier molecular flexibility index (Phi) is 11.6. The second kappa shape index (κ2) is 14.6. The van der Waals surface area contributed by atoms with E-state index in [0.717, 1.165) is 0 Å². The SMILES string of the molecule is CSCCC(N)C(=O)NC(CC(N)=O)C(=O)NC(Cc1cnc[nH]1)C(=O)NC(Cc1cnc[nH]1)C(=O)O. The number of aromatic nitrogens is 4. The summed E-state index contributed by atoms with van der Waals surface area (Å²) in [6.45, 7) is 0. The van der Waals surface area contributed by atoms with E-state index in [-0.39, 0.29) is 12.8 Å². The number of carboxylic acid groups (broad SMARTS) is 1. The number of H-pyrrole nitrogens is 2. The molecular formula is C21H31N9O6S. The molecule has 0 aliphatic heterocycles. The number of thioether (sulfide) groups is 1. The molecule has 0 aromatic carbocycles. The maximum Gasteiger partial charge on any atom is 0.326 e. The Morgan fingerprint density at radius 2 is 1.43 bits per heavy atom. The van der Waals surface area contributed by atoms with Gasteiger partial charge in [-0.15, -0.1) is 0 Å². The van der Waals surface area contributed by atoms with Gasteiger partial charge in [-0.3, -0.25) is 19.2 Å². The number of carbonyl (C=O) groups is 5. The van der Waals surface area contributed by atoms with Gasteiger partial charge in [0.25, 0.3) is 0 Å². The van der Waals surface area contributed by atoms with Gasteiger partial charge < -0.3 is 42.5 Å². The van der Waals surface area contributed by atoms with E-state index in [0.29, 0.717) is 23.6 Å². The third-order valence-electron chi connectivity index (χ3n) is 5.21. The van der Waals surface area contributed by atoms with Gasteiger partial charge in [0.15, 0.2) is 0 Å². The third kappa shape index (κ3) is 9.92. The Bertz CT molecular complexity index is 1050. The van der Waals surface area contributed by atoms with Crippen molar-refractivity contribution < 1.29 is 29.1 Å². The Labute approximate surface area is 216 Å². The molecule has 2 heterocycles. The Morgan fingerprint density at radius 1 is 0.919 bits per heavy atom. The normalized spacial score (nSPS) is 14.1. The van der Waals surface area contributed by atoms with Crippen LogP contribution in [0.5, 0.6) is 0 Å². The molecule has 16 heteroatoms. The van der Waals surface area contributed by atoms with E-state index in [4.69, 9.17) is 11.5 Å². The van der Waals surface area contributed by atoms with Crippen LogP contribution in [0.25, 0.3) is 0 Å². The number of primary amides is 1. The molecule has 2 rings (SSSR count). The van der Waals surface area contributed by atoms with Gasteiger partial charge in [-0.25, -0.2) is 14.8 Å². The highest BCUT2D eigenvalue weighted by Crippen LogP contribution is 2.05. The number of rotatable bonds is 16. The molecule has 2 aromatic heterocycles. The molecule has 10 N–H and O–H groups in total. The minimum atomic E-state index is -1.40. The van der Waals surface area contributed by atoms with E-state index in [9.17, 15) is 29.1 Å². The van der Waals surface area contributed by atoms with Crippen molar-refractivity contribution in [3.8, 4) is 0 Å². The molecule has 2 aromatic rings. The highest BCUT2D eigenvalue weighted by atomic mass is 32.2. The van der Waals surface area contributed by atoms with Gasteiger partial charge in [-0.1, -0.05) is 0 Å². The molecule has 15 nitrogen and oxygen atoms in total. The van der Waals surface area contributed by atoms with E-state index in [1.807, 2.05) is 6.26 Å². The summed E-state index contributed by atoms with van der Waals surface area (Å²) in [7, 11) is 0. The van der Waals surface area contributed by atoms with Crippen molar-refractivity contribution in [3.63, 3.8) is 0 Å². The first-order valence-electron chi connectivity index (χ1n) is 11.2. The smallest absolute Gasteiger partial charge is 0.326 e. The van der Waals surface area contributed by atoms with Crippen LogP contribution in [0.3, 0.4) is 0 Å². The van der Waals surface area contributed by atoms with Gasteiger partial charge in [0.2, 0.25) is 23.6 Å². The van der Waals surface area contributed by atoms with Crippen LogP contribution in [0, 0.1) is 0 Å². The number of hydrogen-bond acceptors (Lipinski definition) is 9. The molecule has 0 aliphatic carbocycles. The minimum Gasteiger partial charge on any atom is -0.480 e. The molecule has 4 amide bonds. The van der Waals surface area contributed by atoms with Crippen molar-refractivity contribution in [3.05, 3.63) is 36.4 Å². The van der Waals surface area contributed by atoms with E-state index in [2.05, 4.69) is 35.9 Å². The quantitative estimate of drug-likeness (QED) is 0.111. The first-order valence-corrected chi connectivity index (χ1v) is 12.6. The number of nitrogens with one attached hydrogen (secondary N) is 5. The molecule has 0 saturated carbocycles. The Morgan fingerprint density at radius 3 is 1.92 bits per heavy atom. The first kappa shape index (κ1) is 29.3. The summed E-state index contributed by atoms with van der Waals surface area (Å²) < 4.78 is 0. The number of nitrogens with zero attached hydrogens (tertiary/aromatic N) is 2. The van der Waals surface area contributed by atoms with Crippen LogP contribution in [-0.4, -0.2) is 90.8 Å². The molecular weight excluding hydrogens is 506 g/mol. The molecule has 0 fully saturated rings. The molecule has 4 unspecified atom stereocenters. The summed E-state index contributed by atoms with van der Waals surface area (Å²) in [5.74, 6) is -3.89. The first-order chi connectivity index (χ1) is 17.6. The maximum absolute atomic E-state index is 13.1. The summed E-state index contributed by atoms with van der Waals surface area (Å²) in [5.41, 5.74) is 12.1. The highest BCUT2D eigenvalue weighted by molar-refractivity contribution is 7.98. The van der Waals surface area contributed by atoms with Crippen molar-refractivity contribution in [2.45, 2.75) is 49.9 Å². The van der Waals surface area contributed by atoms with Crippen LogP contribution < -0.4 is 27.4 Å². The van der Waals surface area contributed by atoms with Gasteiger partial charge in [-0.05, 0) is 18.4 Å². The van der Waals surface area contributed by atoms with Crippen molar-refractivity contribution in [2.75, 3.05) is 12.0 Å². The minimum absolute atomic E-state index is 0.0832. The molecule has 0 aliphatic rings. The summed E-state index contributed by atoms with van der Waals surface area (Å²) in [4.78, 5) is 75.2. The number of aliphatic carboxylic acids is 1. The molecule has 4 atom stereocenters. The van der Waals surface area contributed by atoms with Gasteiger partial charge in [0, 0.05) is 36.6 Å². The number of nitrogens with two attached hydrogens (primary N) is 2. The zero-order valence-electron chi connectivity index (χ0n) is 20.1. The van der Waals surface area contributed by atoms with Gasteiger partial charge in [-0.2, -0.15) is 11.8 Å². The zero-order valence-corrected chi connectivity index (χ0v) is 20.9. The number of imidazole rings is 2. The fourth-order valence-corrected chi connectivity index (χ4v) is 3.74. The molecule has 202 valence electrons. The summed E-state index contributed by atoms with van der Waals surface area (Å²) in [6, 6.07) is -4.93. The van der Waals surface area contributed by atoms with E-state index in [1.165, 1.54) is 36.8 Å². The number of carbonyl (C=O) groups excluding carboxylic acids is 4. The molecule has 0 spiro atoms. The molecule has 0 bridgehead atoms. The van der Waals surface area contributed by atoms with Crippen LogP contribution >= 0.6 is 11.8 Å².